The average molecular weight is 252 g/mol. The number of carboxylic acid groups (broad SMARTS) is 1. The number of para-hydroxylation sites is 2. The van der Waals surface area contributed by atoms with Crippen LogP contribution in [0.15, 0.2) is 29.4 Å². The minimum atomic E-state index is -1.75. The van der Waals surface area contributed by atoms with Gasteiger partial charge in [0.1, 0.15) is 0 Å². The van der Waals surface area contributed by atoms with E-state index in [0.29, 0.717) is 5.16 Å². The van der Waals surface area contributed by atoms with Gasteiger partial charge in [0.25, 0.3) is 0 Å². The molecule has 0 saturated heterocycles. The van der Waals surface area contributed by atoms with Crippen molar-refractivity contribution in [1.82, 2.24) is 9.97 Å². The fourth-order valence-corrected chi connectivity index (χ4v) is 2.15. The van der Waals surface area contributed by atoms with Crippen LogP contribution in [-0.4, -0.2) is 37.5 Å². The number of hydrogen-bond donors (Lipinski definition) is 3. The quantitative estimate of drug-likeness (QED) is 0.718. The lowest BCUT2D eigenvalue weighted by Crippen LogP contribution is -2.37. The van der Waals surface area contributed by atoms with E-state index in [2.05, 4.69) is 9.97 Å². The van der Waals surface area contributed by atoms with Crippen LogP contribution in [0.3, 0.4) is 0 Å². The summed E-state index contributed by atoms with van der Waals surface area (Å²) in [7, 11) is 0. The highest BCUT2D eigenvalue weighted by molar-refractivity contribution is 7.99. The van der Waals surface area contributed by atoms with Gasteiger partial charge >= 0.3 is 5.97 Å². The first kappa shape index (κ1) is 11.9. The third-order valence-electron chi connectivity index (χ3n) is 2.32. The van der Waals surface area contributed by atoms with Gasteiger partial charge in [0, 0.05) is 5.75 Å². The Morgan fingerprint density at radius 2 is 2.24 bits per heavy atom. The zero-order valence-electron chi connectivity index (χ0n) is 9.17. The van der Waals surface area contributed by atoms with Gasteiger partial charge in [-0.2, -0.15) is 0 Å². The van der Waals surface area contributed by atoms with Gasteiger partial charge in [0.15, 0.2) is 10.8 Å². The standard InChI is InChI=1S/C11H12N2O3S/c1-11(16,9(14)15)6-17-10-12-7-4-2-3-5-8(7)13-10/h2-5,16H,6H2,1H3,(H,12,13)(H,14,15). The smallest absolute Gasteiger partial charge is 0.336 e. The van der Waals surface area contributed by atoms with Gasteiger partial charge in [-0.1, -0.05) is 23.9 Å². The van der Waals surface area contributed by atoms with Crippen molar-refractivity contribution in [2.45, 2.75) is 17.7 Å². The molecular formula is C11H12N2O3S. The molecule has 0 bridgehead atoms. The van der Waals surface area contributed by atoms with Crippen LogP contribution in [0.25, 0.3) is 11.0 Å². The van der Waals surface area contributed by atoms with E-state index in [9.17, 15) is 9.90 Å². The molecule has 2 aromatic rings. The van der Waals surface area contributed by atoms with Crippen molar-refractivity contribution >= 4 is 28.8 Å². The molecule has 0 aliphatic rings. The maximum Gasteiger partial charge on any atom is 0.336 e. The van der Waals surface area contributed by atoms with E-state index in [0.717, 1.165) is 11.0 Å². The molecule has 0 radical (unpaired) electrons. The summed E-state index contributed by atoms with van der Waals surface area (Å²) in [5.74, 6) is -1.19. The molecule has 1 aromatic heterocycles. The van der Waals surface area contributed by atoms with Crippen molar-refractivity contribution in [3.8, 4) is 0 Å². The van der Waals surface area contributed by atoms with Gasteiger partial charge in [-0.05, 0) is 19.1 Å². The molecule has 5 nitrogen and oxygen atoms in total. The van der Waals surface area contributed by atoms with Gasteiger partial charge in [0.2, 0.25) is 0 Å². The number of thioether (sulfide) groups is 1. The Kier molecular flexibility index (Phi) is 3.08. The van der Waals surface area contributed by atoms with Gasteiger partial charge < -0.3 is 15.2 Å². The van der Waals surface area contributed by atoms with Crippen LogP contribution < -0.4 is 0 Å². The highest BCUT2D eigenvalue weighted by Crippen LogP contribution is 2.22. The Bertz CT molecular complexity index is 517. The van der Waals surface area contributed by atoms with Crippen LogP contribution in [-0.2, 0) is 4.79 Å². The highest BCUT2D eigenvalue weighted by Gasteiger charge is 2.30. The van der Waals surface area contributed by atoms with E-state index in [-0.39, 0.29) is 5.75 Å². The molecule has 3 N–H and O–H groups in total. The second-order valence-corrected chi connectivity index (χ2v) is 4.89. The molecule has 1 atom stereocenters. The van der Waals surface area contributed by atoms with Crippen LogP contribution in [0.2, 0.25) is 0 Å². The number of benzene rings is 1. The third-order valence-corrected chi connectivity index (χ3v) is 3.49. The largest absolute Gasteiger partial charge is 0.479 e. The number of H-pyrrole nitrogens is 1. The second-order valence-electron chi connectivity index (χ2n) is 3.93. The molecule has 0 spiro atoms. The van der Waals surface area contributed by atoms with Crippen LogP contribution in [0.4, 0.5) is 0 Å². The van der Waals surface area contributed by atoms with E-state index in [1.165, 1.54) is 18.7 Å². The summed E-state index contributed by atoms with van der Waals surface area (Å²) < 4.78 is 0. The number of aromatic amines is 1. The third kappa shape index (κ3) is 2.59. The Hall–Kier alpha value is -1.53. The second kappa shape index (κ2) is 4.38. The topological polar surface area (TPSA) is 86.2 Å². The Balaban J connectivity index is 2.12. The summed E-state index contributed by atoms with van der Waals surface area (Å²) in [5.41, 5.74) is -0.0289. The number of nitrogens with zero attached hydrogens (tertiary/aromatic N) is 1. The maximum atomic E-state index is 10.7. The summed E-state index contributed by atoms with van der Waals surface area (Å²) in [6, 6.07) is 7.53. The molecule has 0 amide bonds. The Morgan fingerprint density at radius 1 is 1.53 bits per heavy atom. The summed E-state index contributed by atoms with van der Waals surface area (Å²) in [6.07, 6.45) is 0. The molecular weight excluding hydrogens is 240 g/mol. The molecule has 17 heavy (non-hydrogen) atoms. The number of nitrogens with one attached hydrogen (secondary N) is 1. The molecule has 0 aliphatic carbocycles. The molecule has 0 aliphatic heterocycles. The van der Waals surface area contributed by atoms with E-state index < -0.39 is 11.6 Å². The van der Waals surface area contributed by atoms with Crippen LogP contribution in [0.1, 0.15) is 6.92 Å². The predicted octanol–water partition coefficient (Wildman–Crippen LogP) is 1.49. The van der Waals surface area contributed by atoms with Gasteiger partial charge in [-0.25, -0.2) is 9.78 Å². The van der Waals surface area contributed by atoms with Crippen molar-refractivity contribution in [1.29, 1.82) is 0 Å². The lowest BCUT2D eigenvalue weighted by atomic mass is 10.1. The first-order valence-corrected chi connectivity index (χ1v) is 6.01. The van der Waals surface area contributed by atoms with E-state index in [4.69, 9.17) is 5.11 Å². The number of aliphatic hydroxyl groups is 1. The minimum Gasteiger partial charge on any atom is -0.479 e. The first-order valence-electron chi connectivity index (χ1n) is 5.02. The zero-order valence-corrected chi connectivity index (χ0v) is 9.99. The predicted molar refractivity (Wildman–Crippen MR) is 65.1 cm³/mol. The van der Waals surface area contributed by atoms with Crippen LogP contribution in [0, 0.1) is 0 Å². The van der Waals surface area contributed by atoms with Crippen LogP contribution in [0.5, 0.6) is 0 Å². The first-order chi connectivity index (χ1) is 7.99. The van der Waals surface area contributed by atoms with E-state index >= 15 is 0 Å². The van der Waals surface area contributed by atoms with Crippen molar-refractivity contribution in [3.05, 3.63) is 24.3 Å². The number of fused-ring (bicyclic) bond motifs is 1. The SMILES string of the molecule is CC(O)(CSc1nc2ccccc2[nH]1)C(=O)O. The number of aromatic nitrogens is 2. The minimum absolute atomic E-state index is 0.0438. The van der Waals surface area contributed by atoms with Gasteiger partial charge in [-0.15, -0.1) is 0 Å². The molecule has 2 rings (SSSR count). The molecule has 1 heterocycles. The number of carbonyl (C=O) groups is 1. The number of rotatable bonds is 4. The summed E-state index contributed by atoms with van der Waals surface area (Å²) in [4.78, 5) is 18.1. The molecule has 0 fully saturated rings. The molecule has 1 aromatic carbocycles. The van der Waals surface area contributed by atoms with Gasteiger partial charge in [0.05, 0.1) is 11.0 Å². The summed E-state index contributed by atoms with van der Waals surface area (Å²) in [6.45, 7) is 1.27. The summed E-state index contributed by atoms with van der Waals surface area (Å²) in [5, 5.41) is 18.9. The number of imidazole rings is 1. The lowest BCUT2D eigenvalue weighted by molar-refractivity contribution is -0.154. The lowest BCUT2D eigenvalue weighted by Gasteiger charge is -2.15. The monoisotopic (exact) mass is 252 g/mol. The maximum absolute atomic E-state index is 10.7. The van der Waals surface area contributed by atoms with Crippen molar-refractivity contribution in [2.24, 2.45) is 0 Å². The molecule has 1 unspecified atom stereocenters. The van der Waals surface area contributed by atoms with Crippen molar-refractivity contribution < 1.29 is 15.0 Å². The van der Waals surface area contributed by atoms with Crippen LogP contribution >= 0.6 is 11.8 Å². The fraction of sp³-hybridized carbons (Fsp3) is 0.273. The number of carboxylic acids is 1. The fourth-order valence-electron chi connectivity index (χ4n) is 1.27. The average Bonchev–Trinajstić information content (AvgIpc) is 2.69. The van der Waals surface area contributed by atoms with E-state index in [1.54, 1.807) is 0 Å². The number of hydrogen-bond acceptors (Lipinski definition) is 4. The summed E-state index contributed by atoms with van der Waals surface area (Å²) >= 11 is 1.18. The molecule has 6 heteroatoms. The Morgan fingerprint density at radius 3 is 2.88 bits per heavy atom. The van der Waals surface area contributed by atoms with Crippen molar-refractivity contribution in [2.75, 3.05) is 5.75 Å². The number of aliphatic carboxylic acids is 1. The van der Waals surface area contributed by atoms with Gasteiger partial charge in [-0.3, -0.25) is 0 Å². The molecule has 0 saturated carbocycles. The highest BCUT2D eigenvalue weighted by atomic mass is 32.2. The zero-order chi connectivity index (χ0) is 12.5. The van der Waals surface area contributed by atoms with E-state index in [1.807, 2.05) is 24.3 Å². The Labute approximate surface area is 102 Å². The molecule has 90 valence electrons. The normalized spacial score (nSPS) is 14.7. The van der Waals surface area contributed by atoms with Crippen molar-refractivity contribution in [3.63, 3.8) is 0 Å².